The topological polar surface area (TPSA) is 58.4 Å². The summed E-state index contributed by atoms with van der Waals surface area (Å²) in [6.45, 7) is 4.16. The molecule has 1 aromatic heterocycles. The van der Waals surface area contributed by atoms with Crippen LogP contribution in [0, 0.1) is 0 Å². The summed E-state index contributed by atoms with van der Waals surface area (Å²) in [6.07, 6.45) is 3.45. The third-order valence-electron chi connectivity index (χ3n) is 5.00. The number of carbonyl (C=O) groups is 1. The van der Waals surface area contributed by atoms with Gasteiger partial charge in [0.15, 0.2) is 11.7 Å². The molecule has 0 fully saturated rings. The summed E-state index contributed by atoms with van der Waals surface area (Å²) in [6, 6.07) is 13.6. The summed E-state index contributed by atoms with van der Waals surface area (Å²) in [7, 11) is 0. The Kier molecular flexibility index (Phi) is 5.35. The SMILES string of the molecule is CCN1CCc2ccc(NC(=O)CCc3ncc(-c4ccccc4Cl)o3)cc21. The molecule has 144 valence electrons. The first kappa shape index (κ1) is 18.6. The van der Waals surface area contributed by atoms with E-state index < -0.39 is 0 Å². The van der Waals surface area contributed by atoms with Gasteiger partial charge in [0.25, 0.3) is 0 Å². The number of rotatable bonds is 6. The number of anilines is 2. The smallest absolute Gasteiger partial charge is 0.224 e. The van der Waals surface area contributed by atoms with Gasteiger partial charge in [-0.3, -0.25) is 4.79 Å². The van der Waals surface area contributed by atoms with Crippen molar-refractivity contribution >= 4 is 28.9 Å². The Morgan fingerprint density at radius 1 is 1.29 bits per heavy atom. The monoisotopic (exact) mass is 395 g/mol. The third-order valence-corrected chi connectivity index (χ3v) is 5.33. The highest BCUT2D eigenvalue weighted by molar-refractivity contribution is 6.33. The molecule has 5 nitrogen and oxygen atoms in total. The van der Waals surface area contributed by atoms with Crippen molar-refractivity contribution in [1.29, 1.82) is 0 Å². The van der Waals surface area contributed by atoms with Crippen molar-refractivity contribution in [3.8, 4) is 11.3 Å². The Labute approximate surface area is 169 Å². The zero-order valence-electron chi connectivity index (χ0n) is 15.7. The van der Waals surface area contributed by atoms with Crippen LogP contribution in [0.5, 0.6) is 0 Å². The number of aryl methyl sites for hydroxylation is 1. The van der Waals surface area contributed by atoms with Gasteiger partial charge in [0.05, 0.1) is 11.2 Å². The van der Waals surface area contributed by atoms with Gasteiger partial charge in [0.1, 0.15) is 0 Å². The number of likely N-dealkylation sites (N-methyl/N-ethyl adjacent to an activating group) is 1. The largest absolute Gasteiger partial charge is 0.441 e. The number of halogens is 1. The third kappa shape index (κ3) is 3.90. The van der Waals surface area contributed by atoms with Crippen molar-refractivity contribution in [3.63, 3.8) is 0 Å². The minimum atomic E-state index is -0.0570. The lowest BCUT2D eigenvalue weighted by molar-refractivity contribution is -0.116. The van der Waals surface area contributed by atoms with Gasteiger partial charge in [-0.25, -0.2) is 4.98 Å². The van der Waals surface area contributed by atoms with Gasteiger partial charge >= 0.3 is 0 Å². The van der Waals surface area contributed by atoms with Crippen LogP contribution in [0.2, 0.25) is 5.02 Å². The molecule has 1 amide bonds. The Bertz CT molecular complexity index is 999. The Morgan fingerprint density at radius 3 is 2.96 bits per heavy atom. The van der Waals surface area contributed by atoms with Gasteiger partial charge < -0.3 is 14.6 Å². The van der Waals surface area contributed by atoms with Gasteiger partial charge in [0, 0.05) is 42.9 Å². The highest BCUT2D eigenvalue weighted by Crippen LogP contribution is 2.31. The van der Waals surface area contributed by atoms with Crippen LogP contribution in [0.15, 0.2) is 53.1 Å². The fourth-order valence-electron chi connectivity index (χ4n) is 3.51. The second-order valence-corrected chi connectivity index (χ2v) is 7.23. The van der Waals surface area contributed by atoms with E-state index in [-0.39, 0.29) is 5.91 Å². The van der Waals surface area contributed by atoms with Gasteiger partial charge in [-0.1, -0.05) is 29.8 Å². The van der Waals surface area contributed by atoms with Crippen LogP contribution in [0.25, 0.3) is 11.3 Å². The standard InChI is InChI=1S/C22H22ClN3O2/c1-2-26-12-11-15-7-8-16(13-19(15)26)25-21(27)9-10-22-24-14-20(28-22)17-5-3-4-6-18(17)23/h3-8,13-14H,2,9-12H2,1H3,(H,25,27). The van der Waals surface area contributed by atoms with Crippen LogP contribution in [-0.2, 0) is 17.6 Å². The summed E-state index contributed by atoms with van der Waals surface area (Å²) in [5.74, 6) is 1.08. The van der Waals surface area contributed by atoms with E-state index in [9.17, 15) is 4.79 Å². The maximum Gasteiger partial charge on any atom is 0.224 e. The van der Waals surface area contributed by atoms with Gasteiger partial charge in [0.2, 0.25) is 5.91 Å². The lowest BCUT2D eigenvalue weighted by Gasteiger charge is -2.17. The van der Waals surface area contributed by atoms with Crippen molar-refractivity contribution in [3.05, 3.63) is 65.1 Å². The summed E-state index contributed by atoms with van der Waals surface area (Å²) < 4.78 is 5.76. The van der Waals surface area contributed by atoms with Crippen molar-refractivity contribution in [2.45, 2.75) is 26.2 Å². The Morgan fingerprint density at radius 2 is 2.14 bits per heavy atom. The number of benzene rings is 2. The van der Waals surface area contributed by atoms with Gasteiger partial charge in [-0.15, -0.1) is 0 Å². The van der Waals surface area contributed by atoms with E-state index in [1.165, 1.54) is 11.3 Å². The molecule has 0 spiro atoms. The van der Waals surface area contributed by atoms with Crippen LogP contribution < -0.4 is 10.2 Å². The van der Waals surface area contributed by atoms with Crippen LogP contribution >= 0.6 is 11.6 Å². The van der Waals surface area contributed by atoms with E-state index >= 15 is 0 Å². The Hall–Kier alpha value is -2.79. The number of nitrogens with one attached hydrogen (secondary N) is 1. The molecule has 0 unspecified atom stereocenters. The van der Waals surface area contributed by atoms with Gasteiger partial charge in [-0.05, 0) is 43.2 Å². The Balaban J connectivity index is 1.36. The van der Waals surface area contributed by atoms with Crippen LogP contribution in [0.3, 0.4) is 0 Å². The van der Waals surface area contributed by atoms with E-state index in [0.29, 0.717) is 29.5 Å². The van der Waals surface area contributed by atoms with Crippen LogP contribution in [0.4, 0.5) is 11.4 Å². The highest BCUT2D eigenvalue weighted by Gasteiger charge is 2.18. The predicted molar refractivity (Wildman–Crippen MR) is 112 cm³/mol. The first-order chi connectivity index (χ1) is 13.6. The molecule has 6 heteroatoms. The first-order valence-electron chi connectivity index (χ1n) is 9.51. The number of amides is 1. The fourth-order valence-corrected chi connectivity index (χ4v) is 3.74. The minimum Gasteiger partial charge on any atom is -0.441 e. The maximum atomic E-state index is 12.4. The molecule has 2 heterocycles. The summed E-state index contributed by atoms with van der Waals surface area (Å²) >= 11 is 6.19. The fraction of sp³-hybridized carbons (Fsp3) is 0.273. The van der Waals surface area contributed by atoms with Crippen molar-refractivity contribution < 1.29 is 9.21 Å². The molecule has 1 aliphatic heterocycles. The van der Waals surface area contributed by atoms with Crippen molar-refractivity contribution in [1.82, 2.24) is 4.98 Å². The summed E-state index contributed by atoms with van der Waals surface area (Å²) in [5, 5.41) is 3.59. The molecule has 0 bridgehead atoms. The van der Waals surface area contributed by atoms with Crippen molar-refractivity contribution in [2.24, 2.45) is 0 Å². The number of fused-ring (bicyclic) bond motifs is 1. The molecule has 3 aromatic rings. The van der Waals surface area contributed by atoms with Crippen LogP contribution in [-0.4, -0.2) is 24.0 Å². The molecule has 0 aliphatic carbocycles. The predicted octanol–water partition coefficient (Wildman–Crippen LogP) is 4.95. The average molecular weight is 396 g/mol. The summed E-state index contributed by atoms with van der Waals surface area (Å²) in [5.41, 5.74) is 4.18. The zero-order chi connectivity index (χ0) is 19.5. The number of nitrogens with zero attached hydrogens (tertiary/aromatic N) is 2. The highest BCUT2D eigenvalue weighted by atomic mass is 35.5. The van der Waals surface area contributed by atoms with E-state index in [1.807, 2.05) is 30.3 Å². The van der Waals surface area contributed by atoms with E-state index in [4.69, 9.17) is 16.0 Å². The first-order valence-corrected chi connectivity index (χ1v) is 9.89. The van der Waals surface area contributed by atoms with E-state index in [0.717, 1.165) is 30.8 Å². The normalized spacial score (nSPS) is 12.9. The second-order valence-electron chi connectivity index (χ2n) is 6.82. The molecule has 1 N–H and O–H groups in total. The number of hydrogen-bond donors (Lipinski definition) is 1. The van der Waals surface area contributed by atoms with E-state index in [2.05, 4.69) is 34.3 Å². The lowest BCUT2D eigenvalue weighted by atomic mass is 10.1. The molecule has 1 aliphatic rings. The lowest BCUT2D eigenvalue weighted by Crippen LogP contribution is -2.19. The zero-order valence-corrected chi connectivity index (χ0v) is 16.5. The number of aromatic nitrogens is 1. The molecule has 0 saturated heterocycles. The molecular weight excluding hydrogens is 374 g/mol. The van der Waals surface area contributed by atoms with Crippen molar-refractivity contribution in [2.75, 3.05) is 23.3 Å². The minimum absolute atomic E-state index is 0.0570. The second kappa shape index (κ2) is 8.07. The van der Waals surface area contributed by atoms with Gasteiger partial charge in [-0.2, -0.15) is 0 Å². The molecular formula is C22H22ClN3O2. The van der Waals surface area contributed by atoms with E-state index in [1.54, 1.807) is 6.20 Å². The number of hydrogen-bond acceptors (Lipinski definition) is 4. The summed E-state index contributed by atoms with van der Waals surface area (Å²) in [4.78, 5) is 18.9. The molecule has 0 atom stereocenters. The molecule has 4 rings (SSSR count). The van der Waals surface area contributed by atoms with Crippen LogP contribution in [0.1, 0.15) is 24.8 Å². The average Bonchev–Trinajstić information content (AvgIpc) is 3.33. The number of oxazole rings is 1. The quantitative estimate of drug-likeness (QED) is 0.641. The molecule has 2 aromatic carbocycles. The molecule has 28 heavy (non-hydrogen) atoms. The molecule has 0 radical (unpaired) electrons. The number of carbonyl (C=O) groups excluding carboxylic acids is 1. The molecule has 0 saturated carbocycles. The maximum absolute atomic E-state index is 12.4.